The molecule has 0 N–H and O–H groups in total. The molecule has 1 fully saturated rings. The SMILES string of the molecule is COc1ccc([C@@H]2OCOC[C@H]2Cc2ccc(Cl)cc2)cc1. The van der Waals surface area contributed by atoms with Crippen molar-refractivity contribution >= 4 is 11.6 Å². The van der Waals surface area contributed by atoms with Crippen LogP contribution >= 0.6 is 11.6 Å². The minimum atomic E-state index is 0.0373. The Morgan fingerprint density at radius 1 is 1.09 bits per heavy atom. The van der Waals surface area contributed by atoms with Gasteiger partial charge in [-0.25, -0.2) is 0 Å². The second-order valence-corrected chi connectivity index (χ2v) is 5.88. The van der Waals surface area contributed by atoms with Gasteiger partial charge < -0.3 is 14.2 Å². The molecule has 116 valence electrons. The number of hydrogen-bond donors (Lipinski definition) is 0. The van der Waals surface area contributed by atoms with Crippen molar-refractivity contribution in [3.05, 3.63) is 64.7 Å². The predicted molar refractivity (Wildman–Crippen MR) is 86.3 cm³/mol. The molecule has 3 rings (SSSR count). The number of methoxy groups -OCH3 is 1. The number of hydrogen-bond acceptors (Lipinski definition) is 3. The van der Waals surface area contributed by atoms with Crippen LogP contribution in [0.4, 0.5) is 0 Å². The first-order valence-electron chi connectivity index (χ1n) is 7.34. The molecule has 0 amide bonds. The van der Waals surface area contributed by atoms with Gasteiger partial charge in [0.25, 0.3) is 0 Å². The van der Waals surface area contributed by atoms with E-state index in [0.717, 1.165) is 22.8 Å². The summed E-state index contributed by atoms with van der Waals surface area (Å²) in [5.74, 6) is 1.13. The lowest BCUT2D eigenvalue weighted by atomic mass is 9.90. The van der Waals surface area contributed by atoms with Crippen molar-refractivity contribution in [3.63, 3.8) is 0 Å². The highest BCUT2D eigenvalue weighted by Gasteiger charge is 2.28. The molecular weight excluding hydrogens is 300 g/mol. The van der Waals surface area contributed by atoms with Gasteiger partial charge in [-0.15, -0.1) is 0 Å². The maximum absolute atomic E-state index is 5.95. The highest BCUT2D eigenvalue weighted by molar-refractivity contribution is 6.30. The van der Waals surface area contributed by atoms with Crippen molar-refractivity contribution in [2.75, 3.05) is 20.5 Å². The van der Waals surface area contributed by atoms with Crippen LogP contribution in [0.3, 0.4) is 0 Å². The van der Waals surface area contributed by atoms with Crippen LogP contribution in [-0.2, 0) is 15.9 Å². The van der Waals surface area contributed by atoms with Gasteiger partial charge in [-0.05, 0) is 41.8 Å². The number of ether oxygens (including phenoxy) is 3. The molecule has 0 aromatic heterocycles. The Kier molecular flexibility index (Phi) is 4.98. The zero-order chi connectivity index (χ0) is 15.4. The van der Waals surface area contributed by atoms with E-state index < -0.39 is 0 Å². The standard InChI is InChI=1S/C18H19ClO3/c1-20-17-8-4-14(5-9-17)18-15(11-21-12-22-18)10-13-2-6-16(19)7-3-13/h2-9,15,18H,10-12H2,1H3/t15-,18+/m1/s1. The average Bonchev–Trinajstić information content (AvgIpc) is 2.58. The van der Waals surface area contributed by atoms with Crippen molar-refractivity contribution in [1.29, 1.82) is 0 Å². The molecule has 2 aromatic carbocycles. The number of halogens is 1. The molecule has 2 atom stereocenters. The van der Waals surface area contributed by atoms with Gasteiger partial charge in [-0.3, -0.25) is 0 Å². The van der Waals surface area contributed by atoms with Crippen LogP contribution < -0.4 is 4.74 Å². The lowest BCUT2D eigenvalue weighted by molar-refractivity contribution is -0.172. The fourth-order valence-electron chi connectivity index (χ4n) is 2.80. The number of rotatable bonds is 4. The minimum absolute atomic E-state index is 0.0373. The van der Waals surface area contributed by atoms with E-state index in [9.17, 15) is 0 Å². The van der Waals surface area contributed by atoms with Crippen molar-refractivity contribution < 1.29 is 14.2 Å². The fraction of sp³-hybridized carbons (Fsp3) is 0.333. The van der Waals surface area contributed by atoms with E-state index in [0.29, 0.717) is 13.4 Å². The van der Waals surface area contributed by atoms with E-state index in [1.807, 2.05) is 24.3 Å². The van der Waals surface area contributed by atoms with Gasteiger partial charge in [0.15, 0.2) is 0 Å². The zero-order valence-electron chi connectivity index (χ0n) is 12.5. The molecule has 4 heteroatoms. The Morgan fingerprint density at radius 3 is 2.50 bits per heavy atom. The van der Waals surface area contributed by atoms with Gasteiger partial charge in [0.1, 0.15) is 12.5 Å². The summed E-state index contributed by atoms with van der Waals surface area (Å²) < 4.78 is 16.6. The monoisotopic (exact) mass is 318 g/mol. The summed E-state index contributed by atoms with van der Waals surface area (Å²) in [6.07, 6.45) is 0.934. The summed E-state index contributed by atoms with van der Waals surface area (Å²) >= 11 is 5.95. The molecule has 2 aromatic rings. The number of benzene rings is 2. The lowest BCUT2D eigenvalue weighted by Crippen LogP contribution is -2.29. The van der Waals surface area contributed by atoms with Crippen molar-refractivity contribution in [3.8, 4) is 5.75 Å². The van der Waals surface area contributed by atoms with Gasteiger partial charge >= 0.3 is 0 Å². The maximum Gasteiger partial charge on any atom is 0.147 e. The van der Waals surface area contributed by atoms with E-state index in [1.165, 1.54) is 5.56 Å². The first kappa shape index (κ1) is 15.3. The summed E-state index contributed by atoms with van der Waals surface area (Å²) in [5.41, 5.74) is 2.39. The molecular formula is C18H19ClO3. The Hall–Kier alpha value is -1.55. The first-order valence-corrected chi connectivity index (χ1v) is 7.72. The van der Waals surface area contributed by atoms with E-state index >= 15 is 0 Å². The molecule has 0 bridgehead atoms. The lowest BCUT2D eigenvalue weighted by Gasteiger charge is -2.32. The van der Waals surface area contributed by atoms with Gasteiger partial charge in [0.2, 0.25) is 0 Å². The molecule has 0 aliphatic carbocycles. The van der Waals surface area contributed by atoms with Crippen LogP contribution in [0.5, 0.6) is 5.75 Å². The Balaban J connectivity index is 1.76. The highest BCUT2D eigenvalue weighted by atomic mass is 35.5. The predicted octanol–water partition coefficient (Wildman–Crippen LogP) is 4.25. The maximum atomic E-state index is 5.95. The molecule has 1 saturated heterocycles. The summed E-state index contributed by atoms with van der Waals surface area (Å²) in [7, 11) is 1.67. The third-order valence-electron chi connectivity index (χ3n) is 3.95. The molecule has 1 heterocycles. The summed E-state index contributed by atoms with van der Waals surface area (Å²) in [6.45, 7) is 1.03. The van der Waals surface area contributed by atoms with Crippen LogP contribution in [0.15, 0.2) is 48.5 Å². The van der Waals surface area contributed by atoms with Crippen LogP contribution in [0.25, 0.3) is 0 Å². The molecule has 0 spiro atoms. The summed E-state index contributed by atoms with van der Waals surface area (Å²) in [6, 6.07) is 16.0. The van der Waals surface area contributed by atoms with Crippen LogP contribution in [0.2, 0.25) is 5.02 Å². The Morgan fingerprint density at radius 2 is 1.82 bits per heavy atom. The van der Waals surface area contributed by atoms with Crippen molar-refractivity contribution in [2.24, 2.45) is 5.92 Å². The van der Waals surface area contributed by atoms with Gasteiger partial charge in [-0.2, -0.15) is 0 Å². The molecule has 0 saturated carbocycles. The second-order valence-electron chi connectivity index (χ2n) is 5.44. The molecule has 3 nitrogen and oxygen atoms in total. The Bertz CT molecular complexity index is 595. The molecule has 1 aliphatic rings. The van der Waals surface area contributed by atoms with E-state index in [2.05, 4.69) is 24.3 Å². The van der Waals surface area contributed by atoms with E-state index in [-0.39, 0.29) is 12.0 Å². The van der Waals surface area contributed by atoms with E-state index in [1.54, 1.807) is 7.11 Å². The molecule has 1 aliphatic heterocycles. The largest absolute Gasteiger partial charge is 0.497 e. The van der Waals surface area contributed by atoms with Gasteiger partial charge in [-0.1, -0.05) is 35.9 Å². The van der Waals surface area contributed by atoms with Crippen molar-refractivity contribution in [1.82, 2.24) is 0 Å². The smallest absolute Gasteiger partial charge is 0.147 e. The minimum Gasteiger partial charge on any atom is -0.497 e. The third kappa shape index (κ3) is 3.61. The van der Waals surface area contributed by atoms with Crippen LogP contribution in [0, 0.1) is 5.92 Å². The summed E-state index contributed by atoms with van der Waals surface area (Å²) in [5, 5.41) is 0.756. The Labute approximate surface area is 135 Å². The average molecular weight is 319 g/mol. The second kappa shape index (κ2) is 7.14. The van der Waals surface area contributed by atoms with Gasteiger partial charge in [0, 0.05) is 10.9 Å². The fourth-order valence-corrected chi connectivity index (χ4v) is 2.92. The normalized spacial score (nSPS) is 21.5. The molecule has 0 radical (unpaired) electrons. The van der Waals surface area contributed by atoms with Gasteiger partial charge in [0.05, 0.1) is 19.8 Å². The van der Waals surface area contributed by atoms with E-state index in [4.69, 9.17) is 25.8 Å². The van der Waals surface area contributed by atoms with Crippen LogP contribution in [-0.4, -0.2) is 20.5 Å². The highest BCUT2D eigenvalue weighted by Crippen LogP contribution is 2.33. The molecule has 0 unspecified atom stereocenters. The van der Waals surface area contributed by atoms with Crippen LogP contribution in [0.1, 0.15) is 17.2 Å². The third-order valence-corrected chi connectivity index (χ3v) is 4.20. The van der Waals surface area contributed by atoms with Crippen molar-refractivity contribution in [2.45, 2.75) is 12.5 Å². The summed E-state index contributed by atoms with van der Waals surface area (Å²) in [4.78, 5) is 0. The first-order chi connectivity index (χ1) is 10.8. The molecule has 22 heavy (non-hydrogen) atoms. The zero-order valence-corrected chi connectivity index (χ0v) is 13.3. The topological polar surface area (TPSA) is 27.7 Å². The quantitative estimate of drug-likeness (QED) is 0.843.